The van der Waals surface area contributed by atoms with Gasteiger partial charge < -0.3 is 9.30 Å². The van der Waals surface area contributed by atoms with Crippen molar-refractivity contribution in [2.24, 2.45) is 5.90 Å². The molecule has 0 aromatic heterocycles. The molecule has 11 heavy (non-hydrogen) atoms. The van der Waals surface area contributed by atoms with Crippen molar-refractivity contribution in [1.82, 2.24) is 0 Å². The lowest BCUT2D eigenvalue weighted by molar-refractivity contribution is -0.132. The highest BCUT2D eigenvalue weighted by atomic mass is 79.9. The van der Waals surface area contributed by atoms with Crippen LogP contribution in [0.3, 0.4) is 0 Å². The van der Waals surface area contributed by atoms with Crippen LogP contribution in [0.5, 0.6) is 0 Å². The van der Waals surface area contributed by atoms with Crippen molar-refractivity contribution >= 4 is 22.0 Å². The highest BCUT2D eigenvalue weighted by Gasteiger charge is 2.09. The first kappa shape index (κ1) is 11.6. The van der Waals surface area contributed by atoms with Gasteiger partial charge in [-0.2, -0.15) is 0 Å². The number of nitrogens with two attached hydrogens (primary N) is 1. The van der Waals surface area contributed by atoms with Crippen molar-refractivity contribution in [3.05, 3.63) is 0 Å². The lowest BCUT2D eigenvalue weighted by atomic mass is 10.5. The fraction of sp³-hybridized carbons (Fsp3) is 1.00. The molecule has 0 aliphatic heterocycles. The second kappa shape index (κ2) is 6.14. The van der Waals surface area contributed by atoms with Crippen molar-refractivity contribution in [3.63, 3.8) is 0 Å². The Morgan fingerprint density at radius 1 is 1.64 bits per heavy atom. The van der Waals surface area contributed by atoms with Crippen molar-refractivity contribution in [1.29, 1.82) is 0 Å². The van der Waals surface area contributed by atoms with Crippen LogP contribution in [0.15, 0.2) is 0 Å². The number of halogens is 1. The molecule has 0 saturated carbocycles. The van der Waals surface area contributed by atoms with Crippen LogP contribution in [-0.4, -0.2) is 18.6 Å². The number of hydrogen-bond donors (Lipinski definition) is 1. The molecule has 4 nitrogen and oxygen atoms in total. The molecule has 0 heterocycles. The minimum atomic E-state index is -1.67. The minimum absolute atomic E-state index is 0.0117. The van der Waals surface area contributed by atoms with Crippen LogP contribution < -0.4 is 5.90 Å². The third-order valence-electron chi connectivity index (χ3n) is 1.16. The van der Waals surface area contributed by atoms with E-state index in [0.717, 1.165) is 0 Å². The molecule has 0 aliphatic rings. The zero-order valence-electron chi connectivity index (χ0n) is 6.54. The molecule has 0 aromatic carbocycles. The maximum atomic E-state index is 10.8. The summed E-state index contributed by atoms with van der Waals surface area (Å²) in [6.45, 7) is 2.23. The van der Waals surface area contributed by atoms with Gasteiger partial charge in [-0.25, -0.2) is 5.90 Å². The summed E-state index contributed by atoms with van der Waals surface area (Å²) in [4.78, 5) is 4.35. The predicted octanol–water partition coefficient (Wildman–Crippen LogP) is 1.50. The van der Waals surface area contributed by atoms with Gasteiger partial charge in [0.25, 0.3) is 0 Å². The molecule has 0 aliphatic carbocycles. The zero-order valence-corrected chi connectivity index (χ0v) is 9.13. The highest BCUT2D eigenvalue weighted by molar-refractivity contribution is 9.37. The van der Waals surface area contributed by atoms with Gasteiger partial charge >= 0.3 is 0 Å². The number of hydrogen-bond acceptors (Lipinski definition) is 4. The summed E-state index contributed by atoms with van der Waals surface area (Å²) >= 11 is 3.01. The smallest absolute Gasteiger partial charge is 0.174 e. The van der Waals surface area contributed by atoms with Crippen LogP contribution in [0.25, 0.3) is 0 Å². The Morgan fingerprint density at radius 2 is 2.18 bits per heavy atom. The molecule has 0 rings (SSSR count). The molecule has 3 unspecified atom stereocenters. The van der Waals surface area contributed by atoms with E-state index in [2.05, 4.69) is 20.3 Å². The van der Waals surface area contributed by atoms with Gasteiger partial charge in [-0.3, -0.25) is 4.84 Å². The maximum absolute atomic E-state index is 10.8. The van der Waals surface area contributed by atoms with E-state index in [1.807, 2.05) is 6.92 Å². The van der Waals surface area contributed by atoms with Crippen LogP contribution in [0.4, 0.5) is 0 Å². The monoisotopic (exact) mass is 245 g/mol. The molecule has 0 spiro atoms. The summed E-state index contributed by atoms with van der Waals surface area (Å²) in [6.07, 6.45) is -0.439. The van der Waals surface area contributed by atoms with E-state index in [1.54, 1.807) is 6.92 Å². The fourth-order valence-corrected chi connectivity index (χ4v) is 1.01. The highest BCUT2D eigenvalue weighted by Crippen LogP contribution is 2.35. The van der Waals surface area contributed by atoms with E-state index in [0.29, 0.717) is 6.61 Å². The first-order valence-electron chi connectivity index (χ1n) is 3.24. The predicted molar refractivity (Wildman–Crippen MR) is 48.1 cm³/mol. The van der Waals surface area contributed by atoms with Gasteiger partial charge in [0.2, 0.25) is 0 Å². The summed E-state index contributed by atoms with van der Waals surface area (Å²) in [6, 6.07) is 0. The van der Waals surface area contributed by atoms with Crippen LogP contribution in [0, 0.1) is 0 Å². The summed E-state index contributed by atoms with van der Waals surface area (Å²) in [5.74, 6) is 4.83. The molecule has 6 heteroatoms. The first-order valence-corrected chi connectivity index (χ1v) is 6.98. The fourth-order valence-electron chi connectivity index (χ4n) is 0.385. The average Bonchev–Trinajstić information content (AvgIpc) is 1.99. The Bertz CT molecular complexity index is 135. The second-order valence-corrected chi connectivity index (χ2v) is 6.18. The molecule has 0 aromatic rings. The van der Waals surface area contributed by atoms with E-state index in [1.165, 1.54) is 0 Å². The summed E-state index contributed by atoms with van der Waals surface area (Å²) in [7, 11) is 0. The third kappa shape index (κ3) is 5.82. The van der Waals surface area contributed by atoms with Crippen molar-refractivity contribution < 1.29 is 14.1 Å². The van der Waals surface area contributed by atoms with Crippen LogP contribution >= 0.6 is 22.0 Å². The molecule has 3 atom stereocenters. The minimum Gasteiger partial charge on any atom is -0.350 e. The molecular formula is C5H13BrNO3P. The molecular weight excluding hydrogens is 233 g/mol. The van der Waals surface area contributed by atoms with Crippen LogP contribution in [0.2, 0.25) is 0 Å². The molecule has 0 fully saturated rings. The first-order chi connectivity index (χ1) is 5.07. The van der Waals surface area contributed by atoms with Gasteiger partial charge in [-0.05, 0) is 22.4 Å². The van der Waals surface area contributed by atoms with Crippen LogP contribution in [0.1, 0.15) is 13.8 Å². The Hall–Kier alpha value is 0.590. The lowest BCUT2D eigenvalue weighted by Crippen LogP contribution is -2.20. The topological polar surface area (TPSA) is 61.6 Å². The summed E-state index contributed by atoms with van der Waals surface area (Å²) < 4.78 is 15.9. The van der Waals surface area contributed by atoms with E-state index in [-0.39, 0.29) is 5.66 Å². The average molecular weight is 246 g/mol. The lowest BCUT2D eigenvalue weighted by Gasteiger charge is -2.12. The molecule has 0 amide bonds. The Morgan fingerprint density at radius 3 is 2.55 bits per heavy atom. The largest absolute Gasteiger partial charge is 0.350 e. The van der Waals surface area contributed by atoms with Gasteiger partial charge in [0, 0.05) is 5.66 Å². The number of ether oxygens (including phenoxy) is 1. The summed E-state index contributed by atoms with van der Waals surface area (Å²) in [5.41, 5.74) is 0.0117. The van der Waals surface area contributed by atoms with E-state index < -0.39 is 12.8 Å². The van der Waals surface area contributed by atoms with Gasteiger partial charge in [0.05, 0.1) is 6.61 Å². The third-order valence-corrected chi connectivity index (χ3v) is 4.45. The van der Waals surface area contributed by atoms with Crippen LogP contribution in [-0.2, 0) is 14.1 Å². The molecule has 68 valence electrons. The Labute approximate surface area is 74.9 Å². The van der Waals surface area contributed by atoms with E-state index in [9.17, 15) is 4.57 Å². The van der Waals surface area contributed by atoms with E-state index >= 15 is 0 Å². The second-order valence-electron chi connectivity index (χ2n) is 2.24. The Kier molecular flexibility index (Phi) is 6.47. The number of rotatable bonds is 5. The Balaban J connectivity index is 3.45. The van der Waals surface area contributed by atoms with Gasteiger partial charge in [0.15, 0.2) is 6.29 Å². The van der Waals surface area contributed by atoms with Gasteiger partial charge in [-0.15, -0.1) is 0 Å². The van der Waals surface area contributed by atoms with Crippen molar-refractivity contribution in [3.8, 4) is 0 Å². The van der Waals surface area contributed by atoms with Crippen molar-refractivity contribution in [2.75, 3.05) is 6.61 Å². The van der Waals surface area contributed by atoms with Gasteiger partial charge in [0.1, 0.15) is 6.50 Å². The molecule has 0 saturated heterocycles. The summed E-state index contributed by atoms with van der Waals surface area (Å²) in [5, 5.41) is 0. The SMILES string of the molecule is CC(ON)OCC(C)[PH](=O)Br. The van der Waals surface area contributed by atoms with Crippen molar-refractivity contribution in [2.45, 2.75) is 25.8 Å². The molecule has 2 N–H and O–H groups in total. The van der Waals surface area contributed by atoms with Gasteiger partial charge in [-0.1, -0.05) is 6.92 Å². The maximum Gasteiger partial charge on any atom is 0.174 e. The normalized spacial score (nSPS) is 19.3. The molecule has 0 radical (unpaired) electrons. The van der Waals surface area contributed by atoms with E-state index in [4.69, 9.17) is 10.6 Å². The standard InChI is InChI=1S/C5H13BrNO3P/c1-4(11(6)8)3-9-5(2)10-7/h4-5,11H,3,7H2,1-2H3. The molecule has 0 bridgehead atoms. The quantitative estimate of drug-likeness (QED) is 0.453. The zero-order chi connectivity index (χ0) is 8.85.